The molecule has 0 radical (unpaired) electrons. The van der Waals surface area contributed by atoms with Gasteiger partial charge in [-0.3, -0.25) is 0 Å². The maximum atomic E-state index is 3.40. The second-order valence-corrected chi connectivity index (χ2v) is 35.7. The van der Waals surface area contributed by atoms with Crippen molar-refractivity contribution in [1.82, 2.24) is 0 Å². The van der Waals surface area contributed by atoms with Crippen molar-refractivity contribution >= 4 is 36.8 Å². The quantitative estimate of drug-likeness (QED) is 0.352. The van der Waals surface area contributed by atoms with Crippen LogP contribution in [0.2, 0.25) is 29.6 Å². The van der Waals surface area contributed by atoms with E-state index in [0.717, 1.165) is 12.8 Å². The first-order chi connectivity index (χ1) is 8.21. The van der Waals surface area contributed by atoms with Crippen molar-refractivity contribution in [2.45, 2.75) is 42.5 Å². The molecule has 0 aromatic rings. The van der Waals surface area contributed by atoms with Gasteiger partial charge in [-0.15, -0.1) is 0 Å². The summed E-state index contributed by atoms with van der Waals surface area (Å²) in [4.78, 5) is 14.5. The Morgan fingerprint density at radius 1 is 0.789 bits per heavy atom. The summed E-state index contributed by atoms with van der Waals surface area (Å²) in [5.41, 5.74) is 0. The Morgan fingerprint density at radius 2 is 1.11 bits per heavy atom. The van der Waals surface area contributed by atoms with Crippen LogP contribution in [0.15, 0.2) is 31.5 Å². The molecule has 0 atom stereocenters. The van der Waals surface area contributed by atoms with Crippen molar-refractivity contribution in [3.63, 3.8) is 0 Å². The number of rotatable bonds is 2. The summed E-state index contributed by atoms with van der Waals surface area (Å²) >= 11 is -3.35. The summed E-state index contributed by atoms with van der Waals surface area (Å²) in [5, 5.41) is 0. The van der Waals surface area contributed by atoms with Gasteiger partial charge >= 0.3 is 145 Å². The molecule has 0 heterocycles. The maximum Gasteiger partial charge on any atom is 2.00 e. The first kappa shape index (κ1) is 20.3. The smallest absolute Gasteiger partial charge is 1.00 e. The predicted molar refractivity (Wildman–Crippen MR) is 89.9 cm³/mol. The van der Waals surface area contributed by atoms with Crippen molar-refractivity contribution < 1.29 is 24.6 Å². The molecule has 0 aliphatic heterocycles. The molecular formula is C16H28Sn2Ti-2. The first-order valence-electron chi connectivity index (χ1n) is 6.77. The van der Waals surface area contributed by atoms with E-state index in [1.807, 2.05) is 0 Å². The molecule has 2 aliphatic carbocycles. The van der Waals surface area contributed by atoms with Crippen LogP contribution in [0.1, 0.15) is 15.7 Å². The van der Waals surface area contributed by atoms with Gasteiger partial charge in [-0.05, 0) is 0 Å². The van der Waals surface area contributed by atoms with Crippen molar-refractivity contribution in [3.05, 3.63) is 43.6 Å². The molecule has 0 spiro atoms. The van der Waals surface area contributed by atoms with Gasteiger partial charge in [0.05, 0.1) is 0 Å². The number of allylic oxidation sites excluding steroid dienone is 8. The van der Waals surface area contributed by atoms with Gasteiger partial charge in [0.2, 0.25) is 0 Å². The van der Waals surface area contributed by atoms with E-state index < -0.39 is 36.8 Å². The van der Waals surface area contributed by atoms with E-state index in [1.54, 1.807) is 7.18 Å². The topological polar surface area (TPSA) is 0 Å². The molecule has 0 amide bonds. The Morgan fingerprint density at radius 3 is 1.21 bits per heavy atom. The Labute approximate surface area is 146 Å². The molecule has 0 aromatic heterocycles. The van der Waals surface area contributed by atoms with Gasteiger partial charge in [-0.2, -0.15) is 0 Å². The third-order valence-corrected chi connectivity index (χ3v) is 14.2. The van der Waals surface area contributed by atoms with E-state index in [4.69, 9.17) is 0 Å². The third kappa shape index (κ3) is 7.73. The fourth-order valence-electron chi connectivity index (χ4n) is 1.84. The fraction of sp³-hybridized carbons (Fsp3) is 0.500. The zero-order valence-electron chi connectivity index (χ0n) is 15.2. The summed E-state index contributed by atoms with van der Waals surface area (Å²) in [6, 6.07) is 0. The van der Waals surface area contributed by atoms with Crippen molar-refractivity contribution in [2.24, 2.45) is 0 Å². The zero-order valence-corrected chi connectivity index (χ0v) is 20.5. The molecule has 0 saturated heterocycles. The van der Waals surface area contributed by atoms with Crippen LogP contribution in [0.25, 0.3) is 0 Å². The second-order valence-electron chi connectivity index (χ2n) is 6.89. The molecule has 3 heteroatoms. The van der Waals surface area contributed by atoms with Crippen molar-refractivity contribution in [3.8, 4) is 0 Å². The van der Waals surface area contributed by atoms with Gasteiger partial charge in [-0.25, -0.2) is 0 Å². The molecule has 0 nitrogen and oxygen atoms in total. The second kappa shape index (κ2) is 8.65. The standard InChI is InChI=1S/2C5H4.6CH3.2Sn.Ti.2H/c2*1-2-4-5-3-1;;;;;;;;;;;/h2*1-2H,3H2;6*1H3;;;;;/q2*-1;;;;;;;;;+2;2*-1. The fourth-order valence-corrected chi connectivity index (χ4v) is 8.98. The van der Waals surface area contributed by atoms with E-state index >= 15 is 0 Å². The molecule has 19 heavy (non-hydrogen) atoms. The Bertz CT molecular complexity index is 371. The molecule has 2 aliphatic rings. The minimum atomic E-state index is -1.67. The van der Waals surface area contributed by atoms with E-state index in [9.17, 15) is 0 Å². The number of hydrogen-bond donors (Lipinski definition) is 0. The summed E-state index contributed by atoms with van der Waals surface area (Å²) in [6.45, 7) is 0. The Hall–Kier alpha value is 1.27. The van der Waals surface area contributed by atoms with Crippen LogP contribution in [-0.2, 0) is 21.7 Å². The normalized spacial score (nSPS) is 17.4. The Kier molecular flexibility index (Phi) is 9.23. The van der Waals surface area contributed by atoms with E-state index in [2.05, 4.69) is 66.1 Å². The van der Waals surface area contributed by atoms with Gasteiger partial charge in [0.25, 0.3) is 0 Å². The molecule has 0 saturated carbocycles. The minimum absolute atomic E-state index is 0. The third-order valence-electron chi connectivity index (χ3n) is 3.01. The van der Waals surface area contributed by atoms with E-state index in [0.29, 0.717) is 0 Å². The monoisotopic (exact) mass is 508 g/mol. The first-order valence-corrected chi connectivity index (χ1v) is 26.7. The SMILES string of the molecule is [CH3][Sn]([CH3])([CH3])[C]1=[C-]CC=C1.[CH3][Sn]([CH3])([CH3])[C]1=[C-]CC=C1.[H-].[H-].[Ti+2]. The molecule has 106 valence electrons. The molecule has 0 N–H and O–H groups in total. The maximum absolute atomic E-state index is 3.40. The van der Waals surface area contributed by atoms with E-state index in [1.165, 1.54) is 0 Å². The summed E-state index contributed by atoms with van der Waals surface area (Å²) < 4.78 is 3.12. The summed E-state index contributed by atoms with van der Waals surface area (Å²) in [6.07, 6.45) is 17.8. The van der Waals surface area contributed by atoms with Crippen LogP contribution in [-0.4, -0.2) is 36.8 Å². The largest absolute Gasteiger partial charge is 2.00 e. The summed E-state index contributed by atoms with van der Waals surface area (Å²) in [5.74, 6) is 0. The van der Waals surface area contributed by atoms with Crippen molar-refractivity contribution in [1.29, 1.82) is 0 Å². The van der Waals surface area contributed by atoms with Gasteiger partial charge in [0.1, 0.15) is 0 Å². The minimum Gasteiger partial charge on any atom is -1.00 e. The van der Waals surface area contributed by atoms with Crippen LogP contribution in [0.4, 0.5) is 0 Å². The molecule has 0 unspecified atom stereocenters. The number of hydrogen-bond acceptors (Lipinski definition) is 0. The average molecular weight is 506 g/mol. The molecule has 0 bridgehead atoms. The van der Waals surface area contributed by atoms with Crippen molar-refractivity contribution in [2.75, 3.05) is 0 Å². The Balaban J connectivity index is -0.000000270. The van der Waals surface area contributed by atoms with Crippen LogP contribution in [0.3, 0.4) is 0 Å². The van der Waals surface area contributed by atoms with Gasteiger partial charge in [0, 0.05) is 0 Å². The van der Waals surface area contributed by atoms with Crippen LogP contribution in [0.5, 0.6) is 0 Å². The molecular weight excluding hydrogens is 477 g/mol. The summed E-state index contributed by atoms with van der Waals surface area (Å²) in [7, 11) is 0. The van der Waals surface area contributed by atoms with E-state index in [-0.39, 0.29) is 24.6 Å². The predicted octanol–water partition coefficient (Wildman–Crippen LogP) is 5.33. The zero-order chi connectivity index (χ0) is 13.8. The molecule has 0 aromatic carbocycles. The average Bonchev–Trinajstić information content (AvgIpc) is 2.91. The molecule has 0 fully saturated rings. The molecule has 2 rings (SSSR count). The van der Waals surface area contributed by atoms with Gasteiger partial charge < -0.3 is 2.85 Å². The van der Waals surface area contributed by atoms with Crippen LogP contribution in [0, 0.1) is 12.2 Å². The van der Waals surface area contributed by atoms with Gasteiger partial charge in [0.15, 0.2) is 0 Å². The van der Waals surface area contributed by atoms with Crippen LogP contribution < -0.4 is 0 Å². The van der Waals surface area contributed by atoms with Crippen LogP contribution >= 0.6 is 0 Å². The van der Waals surface area contributed by atoms with Gasteiger partial charge in [-0.1, -0.05) is 0 Å².